The van der Waals surface area contributed by atoms with Crippen molar-refractivity contribution in [1.29, 1.82) is 0 Å². The Kier molecular flexibility index (Phi) is 6.91. The van der Waals surface area contributed by atoms with Crippen LogP contribution in [0.1, 0.15) is 25.0 Å². The van der Waals surface area contributed by atoms with E-state index in [4.69, 9.17) is 9.47 Å². The second-order valence-corrected chi connectivity index (χ2v) is 9.09. The standard InChI is InChI=1S/C31H26N2O5/c1-20(2)38-28-17-12-22-10-6-7-11-25(22)26(28)18-27-29(34)32-31(36)33(30(27)35)23-13-15-24(16-14-23)37-19-21-8-4-3-5-9-21/h3-18,20H,19H2,1-2H3,(H,32,34,36)/b27-18+. The first-order valence-corrected chi connectivity index (χ1v) is 12.3. The van der Waals surface area contributed by atoms with Crippen LogP contribution in [0.15, 0.2) is 96.6 Å². The van der Waals surface area contributed by atoms with Gasteiger partial charge in [0.25, 0.3) is 11.8 Å². The first kappa shape index (κ1) is 24.8. The molecule has 4 aromatic carbocycles. The number of amides is 4. The van der Waals surface area contributed by atoms with Gasteiger partial charge in [-0.05, 0) is 66.6 Å². The molecule has 7 nitrogen and oxygen atoms in total. The first-order chi connectivity index (χ1) is 18.4. The van der Waals surface area contributed by atoms with Gasteiger partial charge in [-0.1, -0.05) is 60.7 Å². The summed E-state index contributed by atoms with van der Waals surface area (Å²) in [5, 5.41) is 4.04. The number of carbonyl (C=O) groups excluding carboxylic acids is 3. The normalized spacial score (nSPS) is 14.8. The predicted octanol–water partition coefficient (Wildman–Crippen LogP) is 5.87. The molecule has 0 bridgehead atoms. The lowest BCUT2D eigenvalue weighted by Gasteiger charge is -2.26. The molecule has 38 heavy (non-hydrogen) atoms. The lowest BCUT2D eigenvalue weighted by Crippen LogP contribution is -2.54. The molecule has 0 unspecified atom stereocenters. The maximum atomic E-state index is 13.5. The summed E-state index contributed by atoms with van der Waals surface area (Å²) in [6.45, 7) is 4.19. The van der Waals surface area contributed by atoms with Crippen LogP contribution in [0.5, 0.6) is 11.5 Å². The molecule has 0 aliphatic carbocycles. The molecule has 1 aliphatic rings. The van der Waals surface area contributed by atoms with E-state index >= 15 is 0 Å². The summed E-state index contributed by atoms with van der Waals surface area (Å²) in [7, 11) is 0. The zero-order chi connectivity index (χ0) is 26.6. The molecule has 1 N–H and O–H groups in total. The molecule has 190 valence electrons. The van der Waals surface area contributed by atoms with Crippen LogP contribution < -0.4 is 19.7 Å². The Balaban J connectivity index is 1.46. The van der Waals surface area contributed by atoms with Crippen LogP contribution in [0, 0.1) is 0 Å². The summed E-state index contributed by atoms with van der Waals surface area (Å²) < 4.78 is 11.8. The molecule has 1 saturated heterocycles. The van der Waals surface area contributed by atoms with E-state index in [0.29, 0.717) is 29.4 Å². The largest absolute Gasteiger partial charge is 0.490 e. The minimum atomic E-state index is -0.813. The van der Waals surface area contributed by atoms with Gasteiger partial charge in [0.15, 0.2) is 0 Å². The molecular weight excluding hydrogens is 480 g/mol. The molecule has 5 rings (SSSR count). The Labute approximate surface area is 220 Å². The highest BCUT2D eigenvalue weighted by Gasteiger charge is 2.37. The second kappa shape index (κ2) is 10.6. The number of anilines is 1. The van der Waals surface area contributed by atoms with E-state index in [0.717, 1.165) is 21.2 Å². The monoisotopic (exact) mass is 506 g/mol. The van der Waals surface area contributed by atoms with Crippen LogP contribution in [0.2, 0.25) is 0 Å². The molecule has 0 atom stereocenters. The number of hydrogen-bond acceptors (Lipinski definition) is 5. The van der Waals surface area contributed by atoms with Crippen molar-refractivity contribution in [3.63, 3.8) is 0 Å². The molecule has 4 amide bonds. The fraction of sp³-hybridized carbons (Fsp3) is 0.129. The van der Waals surface area contributed by atoms with E-state index in [2.05, 4.69) is 5.32 Å². The van der Waals surface area contributed by atoms with Gasteiger partial charge in [-0.3, -0.25) is 14.9 Å². The molecule has 0 radical (unpaired) electrons. The second-order valence-electron chi connectivity index (χ2n) is 9.09. The number of rotatable bonds is 7. The Morgan fingerprint density at radius 3 is 2.29 bits per heavy atom. The third-order valence-corrected chi connectivity index (χ3v) is 6.03. The number of imide groups is 2. The summed E-state index contributed by atoms with van der Waals surface area (Å²) in [6.07, 6.45) is 1.37. The highest BCUT2D eigenvalue weighted by molar-refractivity contribution is 6.39. The summed E-state index contributed by atoms with van der Waals surface area (Å²) in [5.41, 5.74) is 1.76. The van der Waals surface area contributed by atoms with E-state index < -0.39 is 17.8 Å². The minimum absolute atomic E-state index is 0.120. The number of urea groups is 1. The summed E-state index contributed by atoms with van der Waals surface area (Å²) in [6, 6.07) is 26.9. The summed E-state index contributed by atoms with van der Waals surface area (Å²) >= 11 is 0. The van der Waals surface area contributed by atoms with Crippen LogP contribution in [0.3, 0.4) is 0 Å². The number of hydrogen-bond donors (Lipinski definition) is 1. The van der Waals surface area contributed by atoms with Crippen LogP contribution in [0.4, 0.5) is 10.5 Å². The van der Waals surface area contributed by atoms with Gasteiger partial charge in [0.05, 0.1) is 11.8 Å². The molecule has 4 aromatic rings. The van der Waals surface area contributed by atoms with Gasteiger partial charge in [0, 0.05) is 5.56 Å². The molecule has 0 spiro atoms. The average Bonchev–Trinajstić information content (AvgIpc) is 2.91. The van der Waals surface area contributed by atoms with Crippen molar-refractivity contribution in [3.05, 3.63) is 108 Å². The molecular formula is C31H26N2O5. The van der Waals surface area contributed by atoms with Gasteiger partial charge in [-0.2, -0.15) is 0 Å². The molecule has 1 heterocycles. The lowest BCUT2D eigenvalue weighted by atomic mass is 9.99. The maximum Gasteiger partial charge on any atom is 0.335 e. The van der Waals surface area contributed by atoms with Gasteiger partial charge < -0.3 is 9.47 Å². The van der Waals surface area contributed by atoms with Gasteiger partial charge in [0.2, 0.25) is 0 Å². The van der Waals surface area contributed by atoms with Gasteiger partial charge in [-0.25, -0.2) is 9.69 Å². The van der Waals surface area contributed by atoms with E-state index in [1.165, 1.54) is 6.08 Å². The number of fused-ring (bicyclic) bond motifs is 1. The molecule has 1 aliphatic heterocycles. The lowest BCUT2D eigenvalue weighted by molar-refractivity contribution is -0.122. The van der Waals surface area contributed by atoms with E-state index in [1.54, 1.807) is 24.3 Å². The maximum absolute atomic E-state index is 13.5. The summed E-state index contributed by atoms with van der Waals surface area (Å²) in [4.78, 5) is 40.0. The van der Waals surface area contributed by atoms with Crippen LogP contribution in [-0.2, 0) is 16.2 Å². The Bertz CT molecular complexity index is 1540. The fourth-order valence-electron chi connectivity index (χ4n) is 4.25. The van der Waals surface area contributed by atoms with Crippen molar-refractivity contribution in [2.75, 3.05) is 4.90 Å². The topological polar surface area (TPSA) is 84.9 Å². The van der Waals surface area contributed by atoms with Crippen LogP contribution in [0.25, 0.3) is 16.8 Å². The average molecular weight is 507 g/mol. The molecule has 0 aromatic heterocycles. The van der Waals surface area contributed by atoms with Crippen LogP contribution >= 0.6 is 0 Å². The van der Waals surface area contributed by atoms with Crippen LogP contribution in [-0.4, -0.2) is 23.9 Å². The Hall–Kier alpha value is -4.91. The van der Waals surface area contributed by atoms with Crippen molar-refractivity contribution in [2.45, 2.75) is 26.6 Å². The minimum Gasteiger partial charge on any atom is -0.490 e. The van der Waals surface area contributed by atoms with Crippen molar-refractivity contribution in [1.82, 2.24) is 5.32 Å². The number of barbiturate groups is 1. The summed E-state index contributed by atoms with van der Waals surface area (Å²) in [5.74, 6) is -0.363. The Morgan fingerprint density at radius 2 is 1.55 bits per heavy atom. The third-order valence-electron chi connectivity index (χ3n) is 6.03. The Morgan fingerprint density at radius 1 is 0.842 bits per heavy atom. The third kappa shape index (κ3) is 5.13. The highest BCUT2D eigenvalue weighted by Crippen LogP contribution is 2.32. The highest BCUT2D eigenvalue weighted by atomic mass is 16.5. The van der Waals surface area contributed by atoms with Crippen molar-refractivity contribution < 1.29 is 23.9 Å². The number of carbonyl (C=O) groups is 3. The SMILES string of the molecule is CC(C)Oc1ccc2ccccc2c1/C=C1\C(=O)NC(=O)N(c2ccc(OCc3ccccc3)cc2)C1=O. The van der Waals surface area contributed by atoms with Gasteiger partial charge in [-0.15, -0.1) is 0 Å². The van der Waals surface area contributed by atoms with E-state index in [9.17, 15) is 14.4 Å². The number of ether oxygens (including phenoxy) is 2. The molecule has 7 heteroatoms. The fourth-order valence-corrected chi connectivity index (χ4v) is 4.25. The van der Waals surface area contributed by atoms with E-state index in [-0.39, 0.29) is 11.7 Å². The smallest absolute Gasteiger partial charge is 0.335 e. The number of benzene rings is 4. The van der Waals surface area contributed by atoms with Crippen molar-refractivity contribution >= 4 is 40.4 Å². The van der Waals surface area contributed by atoms with Gasteiger partial charge >= 0.3 is 6.03 Å². The first-order valence-electron chi connectivity index (χ1n) is 12.3. The van der Waals surface area contributed by atoms with Crippen molar-refractivity contribution in [2.24, 2.45) is 0 Å². The van der Waals surface area contributed by atoms with E-state index in [1.807, 2.05) is 80.6 Å². The quantitative estimate of drug-likeness (QED) is 0.250. The number of nitrogens with one attached hydrogen (secondary N) is 1. The zero-order valence-corrected chi connectivity index (χ0v) is 21.0. The number of nitrogens with zero attached hydrogens (tertiary/aromatic N) is 1. The van der Waals surface area contributed by atoms with Crippen molar-refractivity contribution in [3.8, 4) is 11.5 Å². The predicted molar refractivity (Wildman–Crippen MR) is 146 cm³/mol. The zero-order valence-electron chi connectivity index (χ0n) is 21.0. The molecule has 1 fully saturated rings. The molecule has 0 saturated carbocycles. The van der Waals surface area contributed by atoms with Gasteiger partial charge in [0.1, 0.15) is 23.7 Å².